The zero-order chi connectivity index (χ0) is 10.7. The topological polar surface area (TPSA) is 49.8 Å². The molecule has 1 heterocycles. The van der Waals surface area contributed by atoms with Gasteiger partial charge >= 0.3 is 0 Å². The number of benzene rings is 1. The van der Waals surface area contributed by atoms with Crippen LogP contribution in [0.2, 0.25) is 5.02 Å². The highest BCUT2D eigenvalue weighted by Crippen LogP contribution is 2.27. The number of rotatable bonds is 2. The minimum atomic E-state index is 0.244. The molecule has 0 fully saturated rings. The van der Waals surface area contributed by atoms with Gasteiger partial charge in [-0.25, -0.2) is 0 Å². The fourth-order valence-corrected chi connectivity index (χ4v) is 1.49. The molecule has 0 aliphatic heterocycles. The first-order valence-electron chi connectivity index (χ1n) is 4.38. The van der Waals surface area contributed by atoms with Crippen LogP contribution in [0, 0.1) is 11.3 Å². The second kappa shape index (κ2) is 4.16. The molecule has 1 aromatic carbocycles. The van der Waals surface area contributed by atoms with Crippen molar-refractivity contribution in [1.82, 2.24) is 5.16 Å². The molecule has 0 saturated heterocycles. The summed E-state index contributed by atoms with van der Waals surface area (Å²) in [5.41, 5.74) is 1.41. The molecular formula is C11H7ClN2O. The molecule has 15 heavy (non-hydrogen) atoms. The Kier molecular flexibility index (Phi) is 2.70. The number of nitrogens with zero attached hydrogens (tertiary/aromatic N) is 2. The molecule has 0 saturated carbocycles. The average molecular weight is 219 g/mol. The van der Waals surface area contributed by atoms with Crippen molar-refractivity contribution in [2.45, 2.75) is 6.42 Å². The third kappa shape index (κ3) is 2.00. The molecule has 0 N–H and O–H groups in total. The Morgan fingerprint density at radius 2 is 2.20 bits per heavy atom. The zero-order valence-electron chi connectivity index (χ0n) is 7.77. The molecular weight excluding hydrogens is 212 g/mol. The Hall–Kier alpha value is -1.79. The summed E-state index contributed by atoms with van der Waals surface area (Å²) in [6, 6.07) is 11.1. The summed E-state index contributed by atoms with van der Waals surface area (Å²) in [5, 5.41) is 12.9. The second-order valence-electron chi connectivity index (χ2n) is 3.00. The van der Waals surface area contributed by atoms with Gasteiger partial charge in [0.15, 0.2) is 5.76 Å². The van der Waals surface area contributed by atoms with Crippen LogP contribution in [0.4, 0.5) is 0 Å². The van der Waals surface area contributed by atoms with Gasteiger partial charge in [0.25, 0.3) is 0 Å². The van der Waals surface area contributed by atoms with Crippen molar-refractivity contribution in [3.8, 4) is 17.4 Å². The van der Waals surface area contributed by atoms with E-state index in [1.807, 2.05) is 24.3 Å². The van der Waals surface area contributed by atoms with Crippen molar-refractivity contribution in [3.05, 3.63) is 41.0 Å². The highest BCUT2D eigenvalue weighted by atomic mass is 35.5. The zero-order valence-corrected chi connectivity index (χ0v) is 8.53. The molecule has 2 aromatic rings. The molecule has 2 rings (SSSR count). The molecule has 1 aromatic heterocycles. The van der Waals surface area contributed by atoms with Gasteiger partial charge in [-0.1, -0.05) is 28.9 Å². The SMILES string of the molecule is N#CCc1cc(-c2ccccc2Cl)on1. The van der Waals surface area contributed by atoms with Gasteiger partial charge in [-0.3, -0.25) is 0 Å². The van der Waals surface area contributed by atoms with E-state index >= 15 is 0 Å². The van der Waals surface area contributed by atoms with Crippen LogP contribution < -0.4 is 0 Å². The van der Waals surface area contributed by atoms with E-state index in [-0.39, 0.29) is 6.42 Å². The van der Waals surface area contributed by atoms with Gasteiger partial charge in [-0.05, 0) is 12.1 Å². The maximum Gasteiger partial charge on any atom is 0.168 e. The van der Waals surface area contributed by atoms with Crippen molar-refractivity contribution in [1.29, 1.82) is 5.26 Å². The van der Waals surface area contributed by atoms with Crippen molar-refractivity contribution in [2.75, 3.05) is 0 Å². The third-order valence-corrected chi connectivity index (χ3v) is 2.29. The van der Waals surface area contributed by atoms with Crippen LogP contribution in [-0.4, -0.2) is 5.16 Å². The molecule has 3 nitrogen and oxygen atoms in total. The Balaban J connectivity index is 2.38. The van der Waals surface area contributed by atoms with Crippen LogP contribution in [0.25, 0.3) is 11.3 Å². The largest absolute Gasteiger partial charge is 0.356 e. The highest BCUT2D eigenvalue weighted by Gasteiger charge is 2.08. The normalized spacial score (nSPS) is 9.87. The smallest absolute Gasteiger partial charge is 0.168 e. The first-order chi connectivity index (χ1) is 7.31. The fraction of sp³-hybridized carbons (Fsp3) is 0.0909. The molecule has 4 heteroatoms. The maximum atomic E-state index is 8.50. The Morgan fingerprint density at radius 1 is 1.40 bits per heavy atom. The van der Waals surface area contributed by atoms with Gasteiger partial charge in [0.1, 0.15) is 0 Å². The van der Waals surface area contributed by atoms with Crippen molar-refractivity contribution in [2.24, 2.45) is 0 Å². The van der Waals surface area contributed by atoms with Crippen LogP contribution in [-0.2, 0) is 6.42 Å². The molecule has 0 aliphatic rings. The molecule has 0 aliphatic carbocycles. The van der Waals surface area contributed by atoms with Crippen LogP contribution in [0.1, 0.15) is 5.69 Å². The number of hydrogen-bond acceptors (Lipinski definition) is 3. The summed E-state index contributed by atoms with van der Waals surface area (Å²) in [6.45, 7) is 0. The Labute approximate surface area is 91.9 Å². The molecule has 0 bridgehead atoms. The van der Waals surface area contributed by atoms with E-state index in [0.29, 0.717) is 16.5 Å². The summed E-state index contributed by atoms with van der Waals surface area (Å²) in [7, 11) is 0. The predicted octanol–water partition coefficient (Wildman–Crippen LogP) is 3.06. The number of hydrogen-bond donors (Lipinski definition) is 0. The quantitative estimate of drug-likeness (QED) is 0.779. The third-order valence-electron chi connectivity index (χ3n) is 1.96. The van der Waals surface area contributed by atoms with Gasteiger partial charge in [-0.15, -0.1) is 0 Å². The van der Waals surface area contributed by atoms with Gasteiger partial charge in [0.2, 0.25) is 0 Å². The van der Waals surface area contributed by atoms with E-state index in [1.165, 1.54) is 0 Å². The average Bonchev–Trinajstić information content (AvgIpc) is 2.68. The first-order valence-corrected chi connectivity index (χ1v) is 4.76. The lowest BCUT2D eigenvalue weighted by Crippen LogP contribution is -1.77. The maximum absolute atomic E-state index is 8.50. The van der Waals surface area contributed by atoms with E-state index in [4.69, 9.17) is 21.4 Å². The second-order valence-corrected chi connectivity index (χ2v) is 3.40. The molecule has 0 unspecified atom stereocenters. The lowest BCUT2D eigenvalue weighted by molar-refractivity contribution is 0.425. The van der Waals surface area contributed by atoms with Crippen molar-refractivity contribution < 1.29 is 4.52 Å². The van der Waals surface area contributed by atoms with Crippen molar-refractivity contribution >= 4 is 11.6 Å². The van der Waals surface area contributed by atoms with Gasteiger partial charge in [-0.2, -0.15) is 5.26 Å². The molecule has 74 valence electrons. The van der Waals surface area contributed by atoms with Gasteiger partial charge in [0, 0.05) is 11.6 Å². The molecule has 0 radical (unpaired) electrons. The lowest BCUT2D eigenvalue weighted by atomic mass is 10.1. The van der Waals surface area contributed by atoms with Crippen LogP contribution in [0.15, 0.2) is 34.9 Å². The molecule has 0 amide bonds. The minimum Gasteiger partial charge on any atom is -0.356 e. The number of halogens is 1. The van der Waals surface area contributed by atoms with Gasteiger partial charge in [0.05, 0.1) is 23.2 Å². The van der Waals surface area contributed by atoms with E-state index < -0.39 is 0 Å². The lowest BCUT2D eigenvalue weighted by Gasteiger charge is -1.96. The number of nitriles is 1. The van der Waals surface area contributed by atoms with Crippen LogP contribution >= 0.6 is 11.6 Å². The van der Waals surface area contributed by atoms with E-state index in [0.717, 1.165) is 5.56 Å². The Morgan fingerprint density at radius 3 is 2.93 bits per heavy atom. The summed E-state index contributed by atoms with van der Waals surface area (Å²) in [5.74, 6) is 0.589. The van der Waals surface area contributed by atoms with E-state index in [2.05, 4.69) is 5.16 Å². The first kappa shape index (κ1) is 9.75. The van der Waals surface area contributed by atoms with Crippen LogP contribution in [0.3, 0.4) is 0 Å². The summed E-state index contributed by atoms with van der Waals surface area (Å²) in [6.07, 6.45) is 0.244. The highest BCUT2D eigenvalue weighted by molar-refractivity contribution is 6.33. The summed E-state index contributed by atoms with van der Waals surface area (Å²) >= 11 is 5.99. The van der Waals surface area contributed by atoms with Crippen molar-refractivity contribution in [3.63, 3.8) is 0 Å². The summed E-state index contributed by atoms with van der Waals surface area (Å²) < 4.78 is 5.10. The van der Waals surface area contributed by atoms with Gasteiger partial charge < -0.3 is 4.52 Å². The van der Waals surface area contributed by atoms with Crippen LogP contribution in [0.5, 0.6) is 0 Å². The van der Waals surface area contributed by atoms with E-state index in [1.54, 1.807) is 12.1 Å². The van der Waals surface area contributed by atoms with E-state index in [9.17, 15) is 0 Å². The minimum absolute atomic E-state index is 0.244. The molecule has 0 spiro atoms. The molecule has 0 atom stereocenters. The standard InChI is InChI=1S/C11H7ClN2O/c12-10-4-2-1-3-9(10)11-7-8(5-6-13)14-15-11/h1-4,7H,5H2. The Bertz CT molecular complexity index is 513. The fourth-order valence-electron chi connectivity index (χ4n) is 1.26. The monoisotopic (exact) mass is 218 g/mol. The summed E-state index contributed by atoms with van der Waals surface area (Å²) in [4.78, 5) is 0. The predicted molar refractivity (Wildman–Crippen MR) is 56.3 cm³/mol. The number of aromatic nitrogens is 1.